The molecule has 0 fully saturated rings. The van der Waals surface area contributed by atoms with Crippen LogP contribution in [0.1, 0.15) is 6.92 Å². The third kappa shape index (κ3) is 1.48. The van der Waals surface area contributed by atoms with E-state index in [1.54, 1.807) is 19.1 Å². The van der Waals surface area contributed by atoms with Gasteiger partial charge >= 0.3 is 6.16 Å². The van der Waals surface area contributed by atoms with Crippen molar-refractivity contribution in [3.05, 3.63) is 12.2 Å². The first-order chi connectivity index (χ1) is 4.62. The van der Waals surface area contributed by atoms with Crippen LogP contribution in [0.15, 0.2) is 12.2 Å². The molecule has 4 heteroatoms. The van der Waals surface area contributed by atoms with E-state index in [2.05, 4.69) is 4.74 Å². The third-order valence-electron chi connectivity index (χ3n) is 1.18. The van der Waals surface area contributed by atoms with Gasteiger partial charge in [0, 0.05) is 6.92 Å². The number of rotatable bonds is 1. The summed E-state index contributed by atoms with van der Waals surface area (Å²) >= 11 is 0. The van der Waals surface area contributed by atoms with Crippen LogP contribution in [0.3, 0.4) is 0 Å². The Morgan fingerprint density at radius 1 is 1.90 bits per heavy atom. The molecule has 1 rings (SSSR count). The van der Waals surface area contributed by atoms with Gasteiger partial charge in [0.25, 0.3) is 0 Å². The van der Waals surface area contributed by atoms with Crippen LogP contribution in [-0.4, -0.2) is 23.7 Å². The second-order valence-electron chi connectivity index (χ2n) is 2.10. The van der Waals surface area contributed by atoms with Gasteiger partial charge in [0.2, 0.25) is 5.79 Å². The highest BCUT2D eigenvalue weighted by molar-refractivity contribution is 5.57. The fourth-order valence-corrected chi connectivity index (χ4v) is 0.761. The largest absolute Gasteiger partial charge is 0.508 e. The van der Waals surface area contributed by atoms with Gasteiger partial charge in [0.15, 0.2) is 0 Å². The lowest BCUT2D eigenvalue weighted by Crippen LogP contribution is -2.28. The molecule has 0 amide bonds. The van der Waals surface area contributed by atoms with E-state index in [0.29, 0.717) is 6.61 Å². The molecule has 56 valence electrons. The van der Waals surface area contributed by atoms with Gasteiger partial charge in [-0.2, -0.15) is 0 Å². The van der Waals surface area contributed by atoms with Crippen LogP contribution in [0, 0.1) is 0 Å². The first-order valence-corrected chi connectivity index (χ1v) is 2.86. The Morgan fingerprint density at radius 2 is 2.60 bits per heavy atom. The quantitative estimate of drug-likeness (QED) is 0.440. The van der Waals surface area contributed by atoms with Gasteiger partial charge in [-0.05, 0) is 6.08 Å². The third-order valence-corrected chi connectivity index (χ3v) is 1.18. The normalized spacial score (nSPS) is 30.5. The van der Waals surface area contributed by atoms with E-state index in [1.807, 2.05) is 0 Å². The van der Waals surface area contributed by atoms with Crippen LogP contribution in [0.4, 0.5) is 4.79 Å². The van der Waals surface area contributed by atoms with Crippen LogP contribution in [0.25, 0.3) is 0 Å². The average molecular weight is 144 g/mol. The second-order valence-corrected chi connectivity index (χ2v) is 2.10. The molecule has 0 radical (unpaired) electrons. The zero-order valence-electron chi connectivity index (χ0n) is 5.53. The zero-order valence-corrected chi connectivity index (χ0v) is 5.53. The summed E-state index contributed by atoms with van der Waals surface area (Å²) in [6.07, 6.45) is 1.96. The van der Waals surface area contributed by atoms with E-state index >= 15 is 0 Å². The highest BCUT2D eigenvalue weighted by Gasteiger charge is 2.29. The van der Waals surface area contributed by atoms with Crippen molar-refractivity contribution >= 4 is 6.16 Å². The van der Waals surface area contributed by atoms with Crippen molar-refractivity contribution in [3.8, 4) is 0 Å². The van der Waals surface area contributed by atoms with Crippen molar-refractivity contribution in [1.82, 2.24) is 0 Å². The maximum absolute atomic E-state index is 10.0. The van der Waals surface area contributed by atoms with Crippen LogP contribution in [0.5, 0.6) is 0 Å². The minimum absolute atomic E-state index is 0.407. The number of hydrogen-bond donors (Lipinski definition) is 1. The minimum atomic E-state index is -1.32. The van der Waals surface area contributed by atoms with Crippen molar-refractivity contribution in [2.75, 3.05) is 6.61 Å². The average Bonchev–Trinajstić information content (AvgIpc) is 2.12. The second kappa shape index (κ2) is 2.30. The Morgan fingerprint density at radius 3 is 3.00 bits per heavy atom. The first-order valence-electron chi connectivity index (χ1n) is 2.86. The van der Waals surface area contributed by atoms with Gasteiger partial charge in [0.1, 0.15) is 0 Å². The Kier molecular flexibility index (Phi) is 1.63. The lowest BCUT2D eigenvalue weighted by Gasteiger charge is -2.19. The fourth-order valence-electron chi connectivity index (χ4n) is 0.761. The Labute approximate surface area is 58.1 Å². The molecule has 0 aromatic rings. The van der Waals surface area contributed by atoms with Gasteiger partial charge < -0.3 is 14.6 Å². The summed E-state index contributed by atoms with van der Waals surface area (Å²) in [5.74, 6) is -1.06. The minimum Gasteiger partial charge on any atom is -0.450 e. The Bertz CT molecular complexity index is 175. The molecular weight excluding hydrogens is 136 g/mol. The molecular formula is C6H8O4. The lowest BCUT2D eigenvalue weighted by atomic mass is 10.3. The standard InChI is InChI=1S/C6H8O4/c1-6(10-5(7)8)3-2-4-9-6/h2-3H,4H2,1H3,(H,7,8). The smallest absolute Gasteiger partial charge is 0.450 e. The summed E-state index contributed by atoms with van der Waals surface area (Å²) in [6.45, 7) is 1.95. The van der Waals surface area contributed by atoms with E-state index in [4.69, 9.17) is 9.84 Å². The molecule has 0 aromatic heterocycles. The van der Waals surface area contributed by atoms with Crippen molar-refractivity contribution in [1.29, 1.82) is 0 Å². The van der Waals surface area contributed by atoms with Crippen molar-refractivity contribution < 1.29 is 19.4 Å². The van der Waals surface area contributed by atoms with Gasteiger partial charge in [-0.15, -0.1) is 0 Å². The van der Waals surface area contributed by atoms with Crippen LogP contribution >= 0.6 is 0 Å². The van der Waals surface area contributed by atoms with Crippen molar-refractivity contribution in [2.45, 2.75) is 12.7 Å². The summed E-state index contributed by atoms with van der Waals surface area (Å²) in [6, 6.07) is 0. The molecule has 1 atom stereocenters. The van der Waals surface area contributed by atoms with Gasteiger partial charge in [0.05, 0.1) is 6.61 Å². The molecule has 0 bridgehead atoms. The van der Waals surface area contributed by atoms with Crippen molar-refractivity contribution in [2.24, 2.45) is 0 Å². The molecule has 0 aromatic carbocycles. The highest BCUT2D eigenvalue weighted by atomic mass is 16.8. The van der Waals surface area contributed by atoms with E-state index in [0.717, 1.165) is 0 Å². The summed E-state index contributed by atoms with van der Waals surface area (Å²) in [5.41, 5.74) is 0. The zero-order chi connectivity index (χ0) is 7.61. The van der Waals surface area contributed by atoms with Gasteiger partial charge in [-0.25, -0.2) is 4.79 Å². The highest BCUT2D eigenvalue weighted by Crippen LogP contribution is 2.19. The van der Waals surface area contributed by atoms with E-state index in [9.17, 15) is 4.79 Å². The monoisotopic (exact) mass is 144 g/mol. The number of hydrogen-bond acceptors (Lipinski definition) is 3. The summed E-state index contributed by atoms with van der Waals surface area (Å²) in [7, 11) is 0. The maximum atomic E-state index is 10.0. The number of carboxylic acid groups (broad SMARTS) is 1. The summed E-state index contributed by atoms with van der Waals surface area (Å²) in [4.78, 5) is 10.0. The molecule has 0 saturated carbocycles. The SMILES string of the molecule is CC1(OC(=O)O)C=CCO1. The molecule has 1 aliphatic heterocycles. The topological polar surface area (TPSA) is 55.8 Å². The van der Waals surface area contributed by atoms with E-state index in [1.165, 1.54) is 0 Å². The van der Waals surface area contributed by atoms with Crippen LogP contribution in [0.2, 0.25) is 0 Å². The summed E-state index contributed by atoms with van der Waals surface area (Å²) < 4.78 is 9.34. The first kappa shape index (κ1) is 7.08. The molecule has 4 nitrogen and oxygen atoms in total. The number of ether oxygens (including phenoxy) is 2. The molecule has 1 heterocycles. The molecule has 1 aliphatic rings. The maximum Gasteiger partial charge on any atom is 0.508 e. The molecule has 0 aliphatic carbocycles. The van der Waals surface area contributed by atoms with Gasteiger partial charge in [-0.1, -0.05) is 6.08 Å². The van der Waals surface area contributed by atoms with E-state index < -0.39 is 11.9 Å². The lowest BCUT2D eigenvalue weighted by molar-refractivity contribution is -0.145. The fraction of sp³-hybridized carbons (Fsp3) is 0.500. The predicted molar refractivity (Wildman–Crippen MR) is 32.6 cm³/mol. The molecule has 1 unspecified atom stereocenters. The predicted octanol–water partition coefficient (Wildman–Crippen LogP) is 0.984. The Hall–Kier alpha value is -1.03. The van der Waals surface area contributed by atoms with Gasteiger partial charge in [-0.3, -0.25) is 0 Å². The molecule has 0 saturated heterocycles. The summed E-state index contributed by atoms with van der Waals surface area (Å²) in [5, 5.41) is 8.20. The molecule has 1 N–H and O–H groups in total. The Balaban J connectivity index is 2.52. The van der Waals surface area contributed by atoms with Crippen molar-refractivity contribution in [3.63, 3.8) is 0 Å². The van der Waals surface area contributed by atoms with E-state index in [-0.39, 0.29) is 0 Å². The van der Waals surface area contributed by atoms with Crippen LogP contribution in [-0.2, 0) is 9.47 Å². The molecule has 0 spiro atoms. The van der Waals surface area contributed by atoms with Crippen LogP contribution < -0.4 is 0 Å². The number of carbonyl (C=O) groups is 1. The molecule has 10 heavy (non-hydrogen) atoms.